The maximum Gasteiger partial charge on any atom is 0.131 e. The van der Waals surface area contributed by atoms with E-state index in [0.29, 0.717) is 5.88 Å². The molecule has 2 heterocycles. The average Bonchev–Trinajstić information content (AvgIpc) is 2.72. The van der Waals surface area contributed by atoms with Crippen LogP contribution in [0.4, 0.5) is 5.82 Å². The van der Waals surface area contributed by atoms with Gasteiger partial charge in [0.15, 0.2) is 0 Å². The summed E-state index contributed by atoms with van der Waals surface area (Å²) in [7, 11) is 2.00. The lowest BCUT2D eigenvalue weighted by molar-refractivity contribution is 0.731. The summed E-state index contributed by atoms with van der Waals surface area (Å²) < 4.78 is 1.96. The number of aryl methyl sites for hydroxylation is 2. The van der Waals surface area contributed by atoms with Crippen LogP contribution in [0.5, 0.6) is 0 Å². The molecule has 78 valence electrons. The summed E-state index contributed by atoms with van der Waals surface area (Å²) in [5, 5.41) is 4.42. The Morgan fingerprint density at radius 2 is 2.00 bits per heavy atom. The zero-order chi connectivity index (χ0) is 10.1. The molecule has 0 radical (unpaired) electrons. The lowest BCUT2D eigenvalue weighted by Gasteiger charge is -2.18. The summed E-state index contributed by atoms with van der Waals surface area (Å²) in [6, 6.07) is 0. The van der Waals surface area contributed by atoms with Gasteiger partial charge < -0.3 is 4.90 Å². The van der Waals surface area contributed by atoms with Crippen LogP contribution >= 0.6 is 11.6 Å². The highest BCUT2D eigenvalue weighted by Crippen LogP contribution is 2.27. The molecule has 4 heteroatoms. The molecule has 1 aromatic rings. The van der Waals surface area contributed by atoms with E-state index in [1.165, 1.54) is 24.2 Å². The third kappa shape index (κ3) is 1.50. The van der Waals surface area contributed by atoms with Crippen LogP contribution in [-0.4, -0.2) is 22.9 Å². The van der Waals surface area contributed by atoms with Crippen molar-refractivity contribution in [2.24, 2.45) is 7.05 Å². The van der Waals surface area contributed by atoms with Gasteiger partial charge in [-0.3, -0.25) is 4.68 Å². The summed E-state index contributed by atoms with van der Waals surface area (Å²) in [6.07, 6.45) is 2.57. The van der Waals surface area contributed by atoms with Crippen molar-refractivity contribution in [3.05, 3.63) is 11.3 Å². The molecule has 1 aliphatic rings. The SMILES string of the molecule is Cc1nn(C)c(N2CCCC2)c1CCl. The summed E-state index contributed by atoms with van der Waals surface area (Å²) in [6.45, 7) is 4.31. The van der Waals surface area contributed by atoms with Gasteiger partial charge in [0.25, 0.3) is 0 Å². The van der Waals surface area contributed by atoms with Crippen LogP contribution in [0.25, 0.3) is 0 Å². The largest absolute Gasteiger partial charge is 0.357 e. The number of hydrogen-bond donors (Lipinski definition) is 0. The van der Waals surface area contributed by atoms with E-state index in [1.807, 2.05) is 18.7 Å². The van der Waals surface area contributed by atoms with E-state index in [1.54, 1.807) is 0 Å². The maximum absolute atomic E-state index is 5.95. The van der Waals surface area contributed by atoms with Crippen molar-refractivity contribution in [2.75, 3.05) is 18.0 Å². The Labute approximate surface area is 89.7 Å². The minimum atomic E-state index is 0.561. The molecule has 1 aliphatic heterocycles. The normalized spacial score (nSPS) is 16.6. The zero-order valence-electron chi connectivity index (χ0n) is 8.76. The first-order valence-electron chi connectivity index (χ1n) is 5.07. The smallest absolute Gasteiger partial charge is 0.131 e. The summed E-state index contributed by atoms with van der Waals surface area (Å²) >= 11 is 5.95. The number of anilines is 1. The van der Waals surface area contributed by atoms with E-state index < -0.39 is 0 Å². The molecule has 3 nitrogen and oxygen atoms in total. The van der Waals surface area contributed by atoms with Crippen molar-refractivity contribution in [1.82, 2.24) is 9.78 Å². The Balaban J connectivity index is 2.38. The zero-order valence-corrected chi connectivity index (χ0v) is 9.51. The van der Waals surface area contributed by atoms with Crippen molar-refractivity contribution >= 4 is 17.4 Å². The van der Waals surface area contributed by atoms with Gasteiger partial charge in [0.2, 0.25) is 0 Å². The predicted molar refractivity (Wildman–Crippen MR) is 58.9 cm³/mol. The van der Waals surface area contributed by atoms with Crippen LogP contribution in [0.2, 0.25) is 0 Å². The number of nitrogens with zero attached hydrogens (tertiary/aromatic N) is 3. The fourth-order valence-corrected chi connectivity index (χ4v) is 2.48. The van der Waals surface area contributed by atoms with Crippen LogP contribution in [0.15, 0.2) is 0 Å². The molecular formula is C10H16ClN3. The Kier molecular flexibility index (Phi) is 2.68. The van der Waals surface area contributed by atoms with Crippen molar-refractivity contribution < 1.29 is 0 Å². The highest BCUT2D eigenvalue weighted by molar-refractivity contribution is 6.17. The lowest BCUT2D eigenvalue weighted by atomic mass is 10.2. The molecule has 0 unspecified atom stereocenters. The van der Waals surface area contributed by atoms with E-state index in [2.05, 4.69) is 10.00 Å². The number of rotatable bonds is 2. The molecule has 14 heavy (non-hydrogen) atoms. The fourth-order valence-electron chi connectivity index (χ4n) is 2.17. The molecular weight excluding hydrogens is 198 g/mol. The van der Waals surface area contributed by atoms with E-state index in [-0.39, 0.29) is 0 Å². The number of aromatic nitrogens is 2. The van der Waals surface area contributed by atoms with Gasteiger partial charge in [-0.1, -0.05) is 0 Å². The molecule has 1 saturated heterocycles. The Bertz CT molecular complexity index is 326. The second-order valence-corrected chi connectivity index (χ2v) is 4.11. The second kappa shape index (κ2) is 3.81. The second-order valence-electron chi connectivity index (χ2n) is 3.84. The molecule has 0 atom stereocenters. The van der Waals surface area contributed by atoms with Gasteiger partial charge >= 0.3 is 0 Å². The molecule has 1 fully saturated rings. The first kappa shape index (κ1) is 9.84. The van der Waals surface area contributed by atoms with Crippen LogP contribution < -0.4 is 4.90 Å². The third-order valence-corrected chi connectivity index (χ3v) is 3.12. The molecule has 0 aromatic carbocycles. The average molecular weight is 214 g/mol. The molecule has 0 bridgehead atoms. The Morgan fingerprint density at radius 3 is 2.57 bits per heavy atom. The van der Waals surface area contributed by atoms with E-state index in [4.69, 9.17) is 11.6 Å². The molecule has 0 N–H and O–H groups in total. The first-order valence-corrected chi connectivity index (χ1v) is 5.61. The molecule has 0 saturated carbocycles. The third-order valence-electron chi connectivity index (χ3n) is 2.85. The fraction of sp³-hybridized carbons (Fsp3) is 0.700. The van der Waals surface area contributed by atoms with Gasteiger partial charge in [0.1, 0.15) is 5.82 Å². The molecule has 0 spiro atoms. The lowest BCUT2D eigenvalue weighted by Crippen LogP contribution is -2.21. The first-order chi connectivity index (χ1) is 6.74. The van der Waals surface area contributed by atoms with Gasteiger partial charge in [-0.25, -0.2) is 0 Å². The van der Waals surface area contributed by atoms with Crippen molar-refractivity contribution in [2.45, 2.75) is 25.6 Å². The molecule has 0 aliphatic carbocycles. The quantitative estimate of drug-likeness (QED) is 0.702. The maximum atomic E-state index is 5.95. The monoisotopic (exact) mass is 213 g/mol. The van der Waals surface area contributed by atoms with Gasteiger partial charge in [0.05, 0.1) is 11.6 Å². The number of halogens is 1. The van der Waals surface area contributed by atoms with Crippen LogP contribution in [0, 0.1) is 6.92 Å². The standard InChI is InChI=1S/C10H16ClN3/c1-8-9(7-11)10(13(2)12-8)14-5-3-4-6-14/h3-7H2,1-2H3. The number of alkyl halides is 1. The van der Waals surface area contributed by atoms with Gasteiger partial charge in [-0.05, 0) is 19.8 Å². The molecule has 2 rings (SSSR count). The topological polar surface area (TPSA) is 21.1 Å². The van der Waals surface area contributed by atoms with E-state index in [0.717, 1.165) is 18.8 Å². The minimum absolute atomic E-state index is 0.561. The van der Waals surface area contributed by atoms with E-state index >= 15 is 0 Å². The highest BCUT2D eigenvalue weighted by Gasteiger charge is 2.21. The van der Waals surface area contributed by atoms with Crippen molar-refractivity contribution in [3.8, 4) is 0 Å². The van der Waals surface area contributed by atoms with E-state index in [9.17, 15) is 0 Å². The summed E-state index contributed by atoms with van der Waals surface area (Å²) in [5.41, 5.74) is 2.25. The Hall–Kier alpha value is -0.700. The number of hydrogen-bond acceptors (Lipinski definition) is 2. The van der Waals surface area contributed by atoms with Crippen molar-refractivity contribution in [1.29, 1.82) is 0 Å². The highest BCUT2D eigenvalue weighted by atomic mass is 35.5. The summed E-state index contributed by atoms with van der Waals surface area (Å²) in [5.74, 6) is 1.78. The van der Waals surface area contributed by atoms with Gasteiger partial charge in [-0.15, -0.1) is 11.6 Å². The Morgan fingerprint density at radius 1 is 1.36 bits per heavy atom. The minimum Gasteiger partial charge on any atom is -0.357 e. The van der Waals surface area contributed by atoms with Crippen molar-refractivity contribution in [3.63, 3.8) is 0 Å². The van der Waals surface area contributed by atoms with Crippen LogP contribution in [-0.2, 0) is 12.9 Å². The summed E-state index contributed by atoms with van der Waals surface area (Å²) in [4.78, 5) is 2.39. The van der Waals surface area contributed by atoms with Gasteiger partial charge in [-0.2, -0.15) is 5.10 Å². The molecule has 0 amide bonds. The van der Waals surface area contributed by atoms with Crippen LogP contribution in [0.3, 0.4) is 0 Å². The predicted octanol–water partition coefficient (Wildman–Crippen LogP) is 2.07. The van der Waals surface area contributed by atoms with Gasteiger partial charge in [0, 0.05) is 25.7 Å². The van der Waals surface area contributed by atoms with Crippen LogP contribution in [0.1, 0.15) is 24.1 Å². The molecule has 1 aromatic heterocycles.